The Morgan fingerprint density at radius 1 is 1.37 bits per heavy atom. The van der Waals surface area contributed by atoms with Gasteiger partial charge in [0.25, 0.3) is 0 Å². The van der Waals surface area contributed by atoms with Gasteiger partial charge in [-0.05, 0) is 31.6 Å². The Morgan fingerprint density at radius 3 is 3.00 bits per heavy atom. The molecule has 0 radical (unpaired) electrons. The summed E-state index contributed by atoms with van der Waals surface area (Å²) in [6.45, 7) is 3.12. The summed E-state index contributed by atoms with van der Waals surface area (Å²) in [5.41, 5.74) is 0. The van der Waals surface area contributed by atoms with E-state index in [1.54, 1.807) is 6.20 Å². The largest absolute Gasteiger partial charge is 0.341 e. The van der Waals surface area contributed by atoms with Gasteiger partial charge in [0.15, 0.2) is 0 Å². The Morgan fingerprint density at radius 2 is 2.26 bits per heavy atom. The summed E-state index contributed by atoms with van der Waals surface area (Å²) in [5, 5.41) is 11.1. The molecule has 1 aromatic heterocycles. The fraction of sp³-hybridized carbons (Fsp3) is 0.769. The molecule has 6 nitrogen and oxygen atoms in total. The lowest BCUT2D eigenvalue weighted by atomic mass is 9.98. The maximum Gasteiger partial charge on any atom is 0.236 e. The van der Waals surface area contributed by atoms with Gasteiger partial charge in [-0.1, -0.05) is 5.21 Å². The highest BCUT2D eigenvalue weighted by Gasteiger charge is 2.26. The number of hydrogen-bond donors (Lipinski definition) is 1. The van der Waals surface area contributed by atoms with E-state index in [4.69, 9.17) is 0 Å². The molecule has 1 N–H and O–H groups in total. The Hall–Kier alpha value is -1.43. The normalized spacial score (nSPS) is 23.6. The van der Waals surface area contributed by atoms with E-state index in [1.807, 2.05) is 15.8 Å². The third-order valence-corrected chi connectivity index (χ3v) is 3.91. The van der Waals surface area contributed by atoms with E-state index in [2.05, 4.69) is 15.6 Å². The van der Waals surface area contributed by atoms with Crippen molar-refractivity contribution in [2.24, 2.45) is 5.92 Å². The summed E-state index contributed by atoms with van der Waals surface area (Å²) in [6.07, 6.45) is 8.29. The van der Waals surface area contributed by atoms with E-state index in [0.717, 1.165) is 26.1 Å². The zero-order chi connectivity index (χ0) is 13.1. The average molecular weight is 263 g/mol. The molecule has 2 fully saturated rings. The number of rotatable bonds is 5. The summed E-state index contributed by atoms with van der Waals surface area (Å²) in [5.74, 6) is 0.746. The Balaban J connectivity index is 1.47. The smallest absolute Gasteiger partial charge is 0.236 e. The van der Waals surface area contributed by atoms with Gasteiger partial charge in [-0.15, -0.1) is 5.10 Å². The Kier molecular flexibility index (Phi) is 3.77. The first-order valence-electron chi connectivity index (χ1n) is 7.16. The Labute approximate surface area is 113 Å². The third-order valence-electron chi connectivity index (χ3n) is 3.91. The van der Waals surface area contributed by atoms with E-state index in [9.17, 15) is 4.79 Å². The van der Waals surface area contributed by atoms with Crippen LogP contribution in [0.4, 0.5) is 0 Å². The number of hydrogen-bond acceptors (Lipinski definition) is 4. The molecule has 2 heterocycles. The molecule has 1 saturated heterocycles. The van der Waals surface area contributed by atoms with Gasteiger partial charge in [0.2, 0.25) is 5.91 Å². The van der Waals surface area contributed by atoms with Crippen LogP contribution in [0.25, 0.3) is 0 Å². The van der Waals surface area contributed by atoms with Crippen LogP contribution in [0.2, 0.25) is 0 Å². The molecule has 3 rings (SSSR count). The molecule has 19 heavy (non-hydrogen) atoms. The number of amides is 1. The SMILES string of the molecule is O=C(CNC1CC1)N1CCCC(Cn2ccnn2)C1. The highest BCUT2D eigenvalue weighted by atomic mass is 16.2. The molecule has 1 aromatic rings. The summed E-state index contributed by atoms with van der Waals surface area (Å²) >= 11 is 0. The van der Waals surface area contributed by atoms with Crippen molar-refractivity contribution in [3.63, 3.8) is 0 Å². The molecule has 1 amide bonds. The van der Waals surface area contributed by atoms with Crippen LogP contribution in [-0.4, -0.2) is 51.5 Å². The molecular weight excluding hydrogens is 242 g/mol. The zero-order valence-electron chi connectivity index (χ0n) is 11.2. The number of likely N-dealkylation sites (tertiary alicyclic amines) is 1. The summed E-state index contributed by atoms with van der Waals surface area (Å²) in [4.78, 5) is 14.1. The lowest BCUT2D eigenvalue weighted by molar-refractivity contribution is -0.132. The van der Waals surface area contributed by atoms with Crippen LogP contribution >= 0.6 is 0 Å². The van der Waals surface area contributed by atoms with Crippen LogP contribution in [0.1, 0.15) is 25.7 Å². The molecule has 1 unspecified atom stereocenters. The van der Waals surface area contributed by atoms with Gasteiger partial charge in [-0.2, -0.15) is 0 Å². The van der Waals surface area contributed by atoms with Crippen LogP contribution in [0.5, 0.6) is 0 Å². The van der Waals surface area contributed by atoms with Crippen molar-refractivity contribution < 1.29 is 4.79 Å². The van der Waals surface area contributed by atoms with Gasteiger partial charge < -0.3 is 10.2 Å². The molecule has 1 aliphatic heterocycles. The van der Waals surface area contributed by atoms with Crippen molar-refractivity contribution in [3.8, 4) is 0 Å². The van der Waals surface area contributed by atoms with Gasteiger partial charge in [-0.25, -0.2) is 0 Å². The van der Waals surface area contributed by atoms with Crippen molar-refractivity contribution in [2.75, 3.05) is 19.6 Å². The lowest BCUT2D eigenvalue weighted by Crippen LogP contribution is -2.45. The first kappa shape index (κ1) is 12.6. The number of nitrogens with zero attached hydrogens (tertiary/aromatic N) is 4. The second-order valence-electron chi connectivity index (χ2n) is 5.63. The molecule has 0 aromatic carbocycles. The fourth-order valence-corrected chi connectivity index (χ4v) is 2.67. The predicted molar refractivity (Wildman–Crippen MR) is 70.4 cm³/mol. The quantitative estimate of drug-likeness (QED) is 0.828. The van der Waals surface area contributed by atoms with Crippen LogP contribution < -0.4 is 5.32 Å². The first-order chi connectivity index (χ1) is 9.31. The van der Waals surface area contributed by atoms with E-state index < -0.39 is 0 Å². The van der Waals surface area contributed by atoms with Crippen LogP contribution in [-0.2, 0) is 11.3 Å². The molecule has 104 valence electrons. The summed E-state index contributed by atoms with van der Waals surface area (Å²) in [7, 11) is 0. The maximum absolute atomic E-state index is 12.1. The summed E-state index contributed by atoms with van der Waals surface area (Å²) in [6, 6.07) is 0.597. The van der Waals surface area contributed by atoms with E-state index in [-0.39, 0.29) is 5.91 Å². The van der Waals surface area contributed by atoms with Gasteiger partial charge in [0.05, 0.1) is 12.7 Å². The standard InChI is InChI=1S/C13H21N5O/c19-13(8-14-12-3-4-12)17-6-1-2-11(9-17)10-18-7-5-15-16-18/h5,7,11-12,14H,1-4,6,8-10H2. The Bertz CT molecular complexity index is 415. The number of carbonyl (C=O) groups is 1. The van der Waals surface area contributed by atoms with Gasteiger partial charge in [0.1, 0.15) is 0 Å². The molecule has 2 aliphatic rings. The average Bonchev–Trinajstić information content (AvgIpc) is 3.13. The number of nitrogens with one attached hydrogen (secondary N) is 1. The topological polar surface area (TPSA) is 63.1 Å². The van der Waals surface area contributed by atoms with Crippen molar-refractivity contribution in [1.29, 1.82) is 0 Å². The minimum atomic E-state index is 0.246. The fourth-order valence-electron chi connectivity index (χ4n) is 2.67. The van der Waals surface area contributed by atoms with Gasteiger partial charge >= 0.3 is 0 Å². The van der Waals surface area contributed by atoms with E-state index >= 15 is 0 Å². The number of piperidine rings is 1. The minimum Gasteiger partial charge on any atom is -0.341 e. The zero-order valence-corrected chi connectivity index (χ0v) is 11.2. The van der Waals surface area contributed by atoms with Crippen molar-refractivity contribution in [3.05, 3.63) is 12.4 Å². The molecule has 1 saturated carbocycles. The molecular formula is C13H21N5O. The molecule has 6 heteroatoms. The van der Waals surface area contributed by atoms with Crippen LogP contribution in [0.15, 0.2) is 12.4 Å². The molecule has 0 bridgehead atoms. The molecule has 1 atom stereocenters. The third kappa shape index (κ3) is 3.53. The number of carbonyl (C=O) groups excluding carboxylic acids is 1. The van der Waals surface area contributed by atoms with E-state index in [1.165, 1.54) is 19.3 Å². The van der Waals surface area contributed by atoms with Gasteiger partial charge in [-0.3, -0.25) is 9.48 Å². The first-order valence-corrected chi connectivity index (χ1v) is 7.16. The molecule has 1 aliphatic carbocycles. The van der Waals surface area contributed by atoms with Gasteiger partial charge in [0, 0.05) is 31.9 Å². The number of aromatic nitrogens is 3. The maximum atomic E-state index is 12.1. The van der Waals surface area contributed by atoms with E-state index in [0.29, 0.717) is 18.5 Å². The summed E-state index contributed by atoms with van der Waals surface area (Å²) < 4.78 is 1.86. The van der Waals surface area contributed by atoms with Crippen LogP contribution in [0, 0.1) is 5.92 Å². The van der Waals surface area contributed by atoms with Crippen LogP contribution in [0.3, 0.4) is 0 Å². The monoisotopic (exact) mass is 263 g/mol. The minimum absolute atomic E-state index is 0.246. The lowest BCUT2D eigenvalue weighted by Gasteiger charge is -2.32. The van der Waals surface area contributed by atoms with Crippen molar-refractivity contribution in [2.45, 2.75) is 38.3 Å². The highest BCUT2D eigenvalue weighted by Crippen LogP contribution is 2.20. The second kappa shape index (κ2) is 5.69. The predicted octanol–water partition coefficient (Wildman–Crippen LogP) is 0.269. The van der Waals surface area contributed by atoms with Crippen molar-refractivity contribution >= 4 is 5.91 Å². The molecule has 0 spiro atoms. The van der Waals surface area contributed by atoms with Crippen molar-refractivity contribution in [1.82, 2.24) is 25.2 Å². The second-order valence-corrected chi connectivity index (χ2v) is 5.63. The highest BCUT2D eigenvalue weighted by molar-refractivity contribution is 5.78.